The van der Waals surface area contributed by atoms with Gasteiger partial charge in [-0.1, -0.05) is 24.3 Å². The number of carboxylic acid groups (broad SMARTS) is 1. The second kappa shape index (κ2) is 4.39. The number of hydrogen-bond donors (Lipinski definition) is 2. The normalized spacial score (nSPS) is 10.5. The first-order chi connectivity index (χ1) is 8.11. The maximum atomic E-state index is 11.0. The van der Waals surface area contributed by atoms with Crippen molar-refractivity contribution >= 4 is 5.97 Å². The van der Waals surface area contributed by atoms with E-state index in [9.17, 15) is 4.79 Å². The van der Waals surface area contributed by atoms with Crippen LogP contribution >= 0.6 is 0 Å². The molecule has 0 saturated carbocycles. The van der Waals surface area contributed by atoms with Gasteiger partial charge in [0.15, 0.2) is 5.69 Å². The molecule has 0 amide bonds. The summed E-state index contributed by atoms with van der Waals surface area (Å²) in [4.78, 5) is 11.0. The van der Waals surface area contributed by atoms with Gasteiger partial charge in [0.2, 0.25) is 0 Å². The zero-order chi connectivity index (χ0) is 12.4. The Labute approximate surface area is 97.9 Å². The van der Waals surface area contributed by atoms with Gasteiger partial charge >= 0.3 is 5.97 Å². The third-order valence-corrected chi connectivity index (χ3v) is 2.48. The average Bonchev–Trinajstić information content (AvgIpc) is 2.72. The SMILES string of the molecule is Cn1cc(-c2ccc(CO)cc2)c(C(=O)O)n1. The number of aliphatic hydroxyl groups is 1. The lowest BCUT2D eigenvalue weighted by Crippen LogP contribution is -2.00. The second-order valence-corrected chi connectivity index (χ2v) is 3.73. The van der Waals surface area contributed by atoms with Crippen LogP contribution in [0.4, 0.5) is 0 Å². The number of hydrogen-bond acceptors (Lipinski definition) is 3. The summed E-state index contributed by atoms with van der Waals surface area (Å²) < 4.78 is 1.47. The summed E-state index contributed by atoms with van der Waals surface area (Å²) in [6.45, 7) is -0.0287. The van der Waals surface area contributed by atoms with Crippen molar-refractivity contribution in [3.05, 3.63) is 41.7 Å². The lowest BCUT2D eigenvalue weighted by molar-refractivity contribution is 0.0690. The van der Waals surface area contributed by atoms with Crippen molar-refractivity contribution in [2.75, 3.05) is 0 Å². The predicted molar refractivity (Wildman–Crippen MR) is 61.5 cm³/mol. The van der Waals surface area contributed by atoms with E-state index in [0.717, 1.165) is 11.1 Å². The van der Waals surface area contributed by atoms with E-state index in [2.05, 4.69) is 5.10 Å². The Morgan fingerprint density at radius 2 is 2.00 bits per heavy atom. The van der Waals surface area contributed by atoms with Crippen molar-refractivity contribution in [2.45, 2.75) is 6.61 Å². The third kappa shape index (κ3) is 2.19. The number of aryl methyl sites for hydroxylation is 1. The van der Waals surface area contributed by atoms with Gasteiger partial charge in [-0.2, -0.15) is 5.10 Å². The molecule has 1 aromatic heterocycles. The number of rotatable bonds is 3. The Hall–Kier alpha value is -2.14. The first kappa shape index (κ1) is 11.3. The van der Waals surface area contributed by atoms with E-state index >= 15 is 0 Å². The Bertz CT molecular complexity index is 543. The van der Waals surface area contributed by atoms with Gasteiger partial charge < -0.3 is 10.2 Å². The Morgan fingerprint density at radius 1 is 1.35 bits per heavy atom. The maximum absolute atomic E-state index is 11.0. The molecule has 1 heterocycles. The van der Waals surface area contributed by atoms with Gasteiger partial charge in [0, 0.05) is 18.8 Å². The molecule has 17 heavy (non-hydrogen) atoms. The molecular formula is C12H12N2O3. The van der Waals surface area contributed by atoms with E-state index in [0.29, 0.717) is 5.56 Å². The van der Waals surface area contributed by atoms with Crippen molar-refractivity contribution in [3.63, 3.8) is 0 Å². The molecule has 0 radical (unpaired) electrons. The standard InChI is InChI=1S/C12H12N2O3/c1-14-6-10(11(13-14)12(16)17)9-4-2-8(7-15)3-5-9/h2-6,15H,7H2,1H3,(H,16,17). The van der Waals surface area contributed by atoms with E-state index in [4.69, 9.17) is 10.2 Å². The van der Waals surface area contributed by atoms with Crippen molar-refractivity contribution in [1.82, 2.24) is 9.78 Å². The van der Waals surface area contributed by atoms with Crippen molar-refractivity contribution in [1.29, 1.82) is 0 Å². The van der Waals surface area contributed by atoms with E-state index in [1.54, 1.807) is 37.5 Å². The van der Waals surface area contributed by atoms with Crippen LogP contribution < -0.4 is 0 Å². The van der Waals surface area contributed by atoms with Crippen LogP contribution in [0.15, 0.2) is 30.5 Å². The van der Waals surface area contributed by atoms with E-state index in [1.807, 2.05) is 0 Å². The number of benzene rings is 1. The maximum Gasteiger partial charge on any atom is 0.357 e. The minimum Gasteiger partial charge on any atom is -0.476 e. The van der Waals surface area contributed by atoms with Crippen LogP contribution in [0.3, 0.4) is 0 Å². The van der Waals surface area contributed by atoms with Crippen LogP contribution in [0.1, 0.15) is 16.1 Å². The summed E-state index contributed by atoms with van der Waals surface area (Å²) in [5.41, 5.74) is 2.16. The molecule has 0 unspecified atom stereocenters. The monoisotopic (exact) mass is 232 g/mol. The predicted octanol–water partition coefficient (Wildman–Crippen LogP) is 1.28. The van der Waals surface area contributed by atoms with Crippen LogP contribution in [0.25, 0.3) is 11.1 Å². The quantitative estimate of drug-likeness (QED) is 0.835. The molecule has 0 aliphatic rings. The van der Waals surface area contributed by atoms with E-state index in [1.165, 1.54) is 4.68 Å². The molecular weight excluding hydrogens is 220 g/mol. The lowest BCUT2D eigenvalue weighted by Gasteiger charge is -2.00. The Kier molecular flexibility index (Phi) is 2.93. The topological polar surface area (TPSA) is 75.4 Å². The highest BCUT2D eigenvalue weighted by Crippen LogP contribution is 2.23. The molecule has 0 spiro atoms. The van der Waals surface area contributed by atoms with Crippen LogP contribution in [0, 0.1) is 0 Å². The second-order valence-electron chi connectivity index (χ2n) is 3.73. The molecule has 88 valence electrons. The molecule has 5 heteroatoms. The fraction of sp³-hybridized carbons (Fsp3) is 0.167. The molecule has 0 bridgehead atoms. The summed E-state index contributed by atoms with van der Waals surface area (Å²) in [5, 5.41) is 21.9. The zero-order valence-electron chi connectivity index (χ0n) is 9.29. The fourth-order valence-electron chi connectivity index (χ4n) is 1.65. The first-order valence-electron chi connectivity index (χ1n) is 5.09. The molecule has 5 nitrogen and oxygen atoms in total. The highest BCUT2D eigenvalue weighted by atomic mass is 16.4. The van der Waals surface area contributed by atoms with Crippen molar-refractivity contribution < 1.29 is 15.0 Å². The van der Waals surface area contributed by atoms with Crippen molar-refractivity contribution in [2.24, 2.45) is 7.05 Å². The highest BCUT2D eigenvalue weighted by molar-refractivity contribution is 5.93. The van der Waals surface area contributed by atoms with E-state index in [-0.39, 0.29) is 12.3 Å². The number of carboxylic acids is 1. The molecule has 0 aliphatic carbocycles. The molecule has 0 aliphatic heterocycles. The van der Waals surface area contributed by atoms with Gasteiger partial charge in [-0.05, 0) is 11.1 Å². The van der Waals surface area contributed by atoms with Crippen LogP contribution in [0.5, 0.6) is 0 Å². The van der Waals surface area contributed by atoms with E-state index < -0.39 is 5.97 Å². The Balaban J connectivity index is 2.48. The summed E-state index contributed by atoms with van der Waals surface area (Å²) >= 11 is 0. The number of aromatic nitrogens is 2. The highest BCUT2D eigenvalue weighted by Gasteiger charge is 2.15. The van der Waals surface area contributed by atoms with Crippen molar-refractivity contribution in [3.8, 4) is 11.1 Å². The first-order valence-corrected chi connectivity index (χ1v) is 5.09. The largest absolute Gasteiger partial charge is 0.476 e. The molecule has 1 aromatic carbocycles. The molecule has 0 saturated heterocycles. The number of aliphatic hydroxyl groups excluding tert-OH is 1. The van der Waals surface area contributed by atoms with Crippen LogP contribution in [-0.2, 0) is 13.7 Å². The van der Waals surface area contributed by atoms with Crippen LogP contribution in [0.2, 0.25) is 0 Å². The molecule has 2 rings (SSSR count). The molecule has 0 atom stereocenters. The molecule has 2 N–H and O–H groups in total. The molecule has 0 fully saturated rings. The number of carbonyl (C=O) groups is 1. The summed E-state index contributed by atoms with van der Waals surface area (Å²) in [6.07, 6.45) is 1.66. The van der Waals surface area contributed by atoms with Crippen LogP contribution in [-0.4, -0.2) is 26.0 Å². The van der Waals surface area contributed by atoms with Gasteiger partial charge in [0.05, 0.1) is 6.61 Å². The fourth-order valence-corrected chi connectivity index (χ4v) is 1.65. The van der Waals surface area contributed by atoms with Gasteiger partial charge in [-0.3, -0.25) is 4.68 Å². The van der Waals surface area contributed by atoms with Gasteiger partial charge in [-0.25, -0.2) is 4.79 Å². The third-order valence-electron chi connectivity index (χ3n) is 2.48. The molecule has 2 aromatic rings. The lowest BCUT2D eigenvalue weighted by atomic mass is 10.0. The number of nitrogens with zero attached hydrogens (tertiary/aromatic N) is 2. The minimum atomic E-state index is -1.05. The van der Waals surface area contributed by atoms with Gasteiger partial charge in [-0.15, -0.1) is 0 Å². The summed E-state index contributed by atoms with van der Waals surface area (Å²) in [7, 11) is 1.68. The summed E-state index contributed by atoms with van der Waals surface area (Å²) in [6, 6.07) is 7.06. The minimum absolute atomic E-state index is 0.0287. The smallest absolute Gasteiger partial charge is 0.357 e. The Morgan fingerprint density at radius 3 is 2.53 bits per heavy atom. The summed E-state index contributed by atoms with van der Waals surface area (Å²) in [5.74, 6) is -1.05. The number of aromatic carboxylic acids is 1. The van der Waals surface area contributed by atoms with Gasteiger partial charge in [0.1, 0.15) is 0 Å². The average molecular weight is 232 g/mol. The van der Waals surface area contributed by atoms with Gasteiger partial charge in [0.25, 0.3) is 0 Å². The zero-order valence-corrected chi connectivity index (χ0v) is 9.29.